The Bertz CT molecular complexity index is 617. The fourth-order valence-corrected chi connectivity index (χ4v) is 2.13. The van der Waals surface area contributed by atoms with Crippen molar-refractivity contribution in [3.05, 3.63) is 39.7 Å². The number of benzene rings is 1. The highest BCUT2D eigenvalue weighted by Crippen LogP contribution is 2.14. The lowest BCUT2D eigenvalue weighted by Gasteiger charge is -2.13. The summed E-state index contributed by atoms with van der Waals surface area (Å²) < 4.78 is 2.54. The lowest BCUT2D eigenvalue weighted by Crippen LogP contribution is -2.29. The Morgan fingerprint density at radius 1 is 1.50 bits per heavy atom. The molecule has 0 atom stereocenters. The highest BCUT2D eigenvalue weighted by atomic mass is 127. The van der Waals surface area contributed by atoms with Crippen molar-refractivity contribution < 1.29 is 4.79 Å². The molecular formula is C13H16IN5O. The Morgan fingerprint density at radius 3 is 2.85 bits per heavy atom. The molecule has 2 rings (SSSR count). The van der Waals surface area contributed by atoms with Crippen LogP contribution in [0.15, 0.2) is 30.5 Å². The molecule has 1 aromatic carbocycles. The fourth-order valence-electron chi connectivity index (χ4n) is 1.58. The van der Waals surface area contributed by atoms with Crippen LogP contribution in [0.5, 0.6) is 0 Å². The van der Waals surface area contributed by atoms with E-state index in [0.29, 0.717) is 5.69 Å². The first-order valence-electron chi connectivity index (χ1n) is 6.09. The summed E-state index contributed by atoms with van der Waals surface area (Å²) in [5.74, 6) is -0.154. The highest BCUT2D eigenvalue weighted by Gasteiger charge is 2.18. The van der Waals surface area contributed by atoms with Crippen molar-refractivity contribution in [2.75, 3.05) is 5.32 Å². The van der Waals surface area contributed by atoms with Gasteiger partial charge in [0.25, 0.3) is 0 Å². The molecule has 20 heavy (non-hydrogen) atoms. The maximum Gasteiger partial charge on any atom is 0.246 e. The summed E-state index contributed by atoms with van der Waals surface area (Å²) in [5, 5.41) is 10.7. The van der Waals surface area contributed by atoms with E-state index in [2.05, 4.69) is 38.2 Å². The van der Waals surface area contributed by atoms with Crippen LogP contribution >= 0.6 is 22.6 Å². The molecule has 0 spiro atoms. The summed E-state index contributed by atoms with van der Waals surface area (Å²) in [6.07, 6.45) is 1.69. The SMILES string of the molecule is CC(C)(N)c1cn(CC(=O)Nc2cccc(I)c2)nn1. The van der Waals surface area contributed by atoms with Gasteiger partial charge in [0.15, 0.2) is 0 Å². The summed E-state index contributed by atoms with van der Waals surface area (Å²) in [6, 6.07) is 7.59. The van der Waals surface area contributed by atoms with Gasteiger partial charge < -0.3 is 11.1 Å². The number of carbonyl (C=O) groups excluding carboxylic acids is 1. The number of halogens is 1. The maximum atomic E-state index is 11.9. The second kappa shape index (κ2) is 5.88. The number of anilines is 1. The van der Waals surface area contributed by atoms with Crippen LogP contribution in [0, 0.1) is 3.57 Å². The first kappa shape index (κ1) is 14.9. The third-order valence-electron chi connectivity index (χ3n) is 2.61. The molecule has 7 heteroatoms. The number of rotatable bonds is 4. The summed E-state index contributed by atoms with van der Waals surface area (Å²) in [4.78, 5) is 11.9. The number of nitrogens with zero attached hydrogens (tertiary/aromatic N) is 3. The van der Waals surface area contributed by atoms with E-state index in [4.69, 9.17) is 5.73 Å². The summed E-state index contributed by atoms with van der Waals surface area (Å²) in [6.45, 7) is 3.79. The number of hydrogen-bond donors (Lipinski definition) is 2. The van der Waals surface area contributed by atoms with E-state index < -0.39 is 5.54 Å². The van der Waals surface area contributed by atoms with Crippen LogP contribution in [0.25, 0.3) is 0 Å². The van der Waals surface area contributed by atoms with Crippen molar-refractivity contribution in [3.63, 3.8) is 0 Å². The lowest BCUT2D eigenvalue weighted by atomic mass is 10.0. The molecule has 1 heterocycles. The average molecular weight is 385 g/mol. The smallest absolute Gasteiger partial charge is 0.246 e. The van der Waals surface area contributed by atoms with E-state index in [9.17, 15) is 4.79 Å². The number of aromatic nitrogens is 3. The van der Waals surface area contributed by atoms with Gasteiger partial charge in [-0.15, -0.1) is 5.10 Å². The summed E-state index contributed by atoms with van der Waals surface area (Å²) in [7, 11) is 0. The van der Waals surface area contributed by atoms with Crippen LogP contribution in [0.4, 0.5) is 5.69 Å². The van der Waals surface area contributed by atoms with Gasteiger partial charge in [-0.05, 0) is 54.6 Å². The van der Waals surface area contributed by atoms with E-state index in [1.54, 1.807) is 6.20 Å². The number of nitrogens with two attached hydrogens (primary N) is 1. The molecule has 1 aromatic heterocycles. The number of carbonyl (C=O) groups is 1. The van der Waals surface area contributed by atoms with Gasteiger partial charge in [-0.3, -0.25) is 4.79 Å². The standard InChI is InChI=1S/C13H16IN5O/c1-13(2,15)11-7-19(18-17-11)8-12(20)16-10-5-3-4-9(14)6-10/h3-7H,8,15H2,1-2H3,(H,16,20). The summed E-state index contributed by atoms with van der Waals surface area (Å²) in [5.41, 5.74) is 6.78. The molecule has 0 bridgehead atoms. The number of hydrogen-bond acceptors (Lipinski definition) is 4. The van der Waals surface area contributed by atoms with Gasteiger partial charge >= 0.3 is 0 Å². The van der Waals surface area contributed by atoms with Gasteiger partial charge in [0.05, 0.1) is 11.7 Å². The zero-order valence-electron chi connectivity index (χ0n) is 11.3. The largest absolute Gasteiger partial charge is 0.324 e. The molecule has 0 unspecified atom stereocenters. The third kappa shape index (κ3) is 4.01. The highest BCUT2D eigenvalue weighted by molar-refractivity contribution is 14.1. The van der Waals surface area contributed by atoms with Crippen molar-refractivity contribution in [1.82, 2.24) is 15.0 Å². The van der Waals surface area contributed by atoms with Gasteiger partial charge in [0.2, 0.25) is 5.91 Å². The van der Waals surface area contributed by atoms with E-state index >= 15 is 0 Å². The van der Waals surface area contributed by atoms with Crippen LogP contribution in [-0.2, 0) is 16.9 Å². The quantitative estimate of drug-likeness (QED) is 0.785. The third-order valence-corrected chi connectivity index (χ3v) is 3.28. The molecule has 0 saturated heterocycles. The predicted octanol–water partition coefficient (Wildman–Crippen LogP) is 1.72. The van der Waals surface area contributed by atoms with Gasteiger partial charge in [0.1, 0.15) is 12.2 Å². The molecule has 0 fully saturated rings. The van der Waals surface area contributed by atoms with E-state index in [1.165, 1.54) is 4.68 Å². The normalized spacial score (nSPS) is 11.4. The molecule has 0 radical (unpaired) electrons. The molecule has 0 aliphatic carbocycles. The minimum Gasteiger partial charge on any atom is -0.324 e. The number of nitrogens with one attached hydrogen (secondary N) is 1. The van der Waals surface area contributed by atoms with Crippen molar-refractivity contribution in [1.29, 1.82) is 0 Å². The average Bonchev–Trinajstić information content (AvgIpc) is 2.76. The van der Waals surface area contributed by atoms with E-state index in [0.717, 1.165) is 9.26 Å². The summed E-state index contributed by atoms with van der Waals surface area (Å²) >= 11 is 2.20. The van der Waals surface area contributed by atoms with Crippen molar-refractivity contribution in [2.24, 2.45) is 5.73 Å². The minimum atomic E-state index is -0.565. The second-order valence-electron chi connectivity index (χ2n) is 5.08. The monoisotopic (exact) mass is 385 g/mol. The predicted molar refractivity (Wildman–Crippen MR) is 85.0 cm³/mol. The van der Waals surface area contributed by atoms with Gasteiger partial charge in [-0.1, -0.05) is 11.3 Å². The topological polar surface area (TPSA) is 85.8 Å². The Labute approximate surface area is 130 Å². The molecule has 0 aliphatic heterocycles. The van der Waals surface area contributed by atoms with Crippen LogP contribution in [0.1, 0.15) is 19.5 Å². The zero-order chi connectivity index (χ0) is 14.8. The van der Waals surface area contributed by atoms with Crippen molar-refractivity contribution >= 4 is 34.2 Å². The van der Waals surface area contributed by atoms with Crippen LogP contribution < -0.4 is 11.1 Å². The number of amides is 1. The van der Waals surface area contributed by atoms with Crippen molar-refractivity contribution in [2.45, 2.75) is 25.9 Å². The minimum absolute atomic E-state index is 0.106. The first-order chi connectivity index (χ1) is 9.34. The molecule has 106 valence electrons. The Balaban J connectivity index is 2.00. The molecule has 6 nitrogen and oxygen atoms in total. The zero-order valence-corrected chi connectivity index (χ0v) is 13.5. The fraction of sp³-hybridized carbons (Fsp3) is 0.308. The molecular weight excluding hydrogens is 369 g/mol. The molecule has 2 aromatic rings. The Hall–Kier alpha value is -1.48. The van der Waals surface area contributed by atoms with Crippen LogP contribution in [-0.4, -0.2) is 20.9 Å². The van der Waals surface area contributed by atoms with Gasteiger partial charge in [-0.25, -0.2) is 4.68 Å². The van der Waals surface area contributed by atoms with Crippen LogP contribution in [0.3, 0.4) is 0 Å². The Kier molecular flexibility index (Phi) is 4.39. The van der Waals surface area contributed by atoms with Crippen LogP contribution in [0.2, 0.25) is 0 Å². The molecule has 1 amide bonds. The lowest BCUT2D eigenvalue weighted by molar-refractivity contribution is -0.116. The Morgan fingerprint density at radius 2 is 2.25 bits per heavy atom. The van der Waals surface area contributed by atoms with Crippen molar-refractivity contribution in [3.8, 4) is 0 Å². The molecule has 3 N–H and O–H groups in total. The van der Waals surface area contributed by atoms with E-state index in [1.807, 2.05) is 38.1 Å². The maximum absolute atomic E-state index is 11.9. The second-order valence-corrected chi connectivity index (χ2v) is 6.33. The van der Waals surface area contributed by atoms with E-state index in [-0.39, 0.29) is 12.5 Å². The molecule has 0 saturated carbocycles. The van der Waals surface area contributed by atoms with Gasteiger partial charge in [-0.2, -0.15) is 0 Å². The first-order valence-corrected chi connectivity index (χ1v) is 7.17. The van der Waals surface area contributed by atoms with Gasteiger partial charge in [0, 0.05) is 9.26 Å². The molecule has 0 aliphatic rings.